The predicted octanol–water partition coefficient (Wildman–Crippen LogP) is 6.43. The van der Waals surface area contributed by atoms with Gasteiger partial charge >= 0.3 is 5.97 Å². The van der Waals surface area contributed by atoms with E-state index >= 15 is 0 Å². The van der Waals surface area contributed by atoms with Gasteiger partial charge < -0.3 is 5.11 Å². The molecule has 0 aliphatic heterocycles. The van der Waals surface area contributed by atoms with Crippen molar-refractivity contribution >= 4 is 44.6 Å². The molecule has 32 heavy (non-hydrogen) atoms. The van der Waals surface area contributed by atoms with E-state index in [-0.39, 0.29) is 11.7 Å². The summed E-state index contributed by atoms with van der Waals surface area (Å²) in [6.07, 6.45) is 5.81. The quantitative estimate of drug-likeness (QED) is 0.427. The lowest BCUT2D eigenvalue weighted by atomic mass is 10.0. The van der Waals surface area contributed by atoms with Crippen molar-refractivity contribution in [2.75, 3.05) is 5.75 Å². The summed E-state index contributed by atoms with van der Waals surface area (Å²) in [6.45, 7) is 7.85. The monoisotopic (exact) mass is 475 g/mol. The minimum Gasteiger partial charge on any atom is -0.481 e. The van der Waals surface area contributed by atoms with Crippen LogP contribution in [-0.4, -0.2) is 29.2 Å². The second kappa shape index (κ2) is 11.3. The van der Waals surface area contributed by atoms with E-state index in [0.29, 0.717) is 16.5 Å². The third-order valence-electron chi connectivity index (χ3n) is 5.17. The summed E-state index contributed by atoms with van der Waals surface area (Å²) >= 11 is 5.95. The number of nitrogens with zero attached hydrogens (tertiary/aromatic N) is 1. The molecule has 7 heteroatoms. The van der Waals surface area contributed by atoms with Crippen molar-refractivity contribution in [3.63, 3.8) is 0 Å². The number of fused-ring (bicyclic) bond motifs is 1. The van der Waals surface area contributed by atoms with Crippen molar-refractivity contribution in [2.24, 2.45) is 5.92 Å². The number of hydrogen-bond acceptors (Lipinski definition) is 3. The number of rotatable bonds is 7. The summed E-state index contributed by atoms with van der Waals surface area (Å²) in [7, 11) is -3.46. The average molecular weight is 476 g/mol. The molecule has 0 radical (unpaired) electrons. The zero-order valence-electron chi connectivity index (χ0n) is 18.8. The van der Waals surface area contributed by atoms with Crippen molar-refractivity contribution in [1.29, 1.82) is 0 Å². The Bertz CT molecular complexity index is 1180. The van der Waals surface area contributed by atoms with Crippen LogP contribution in [0.25, 0.3) is 17.0 Å². The van der Waals surface area contributed by atoms with Gasteiger partial charge in [0.25, 0.3) is 0 Å². The van der Waals surface area contributed by atoms with Gasteiger partial charge in [0.15, 0.2) is 0 Å². The molecule has 1 unspecified atom stereocenters. The van der Waals surface area contributed by atoms with Gasteiger partial charge in [-0.1, -0.05) is 75.7 Å². The molecule has 0 spiro atoms. The highest BCUT2D eigenvalue weighted by Crippen LogP contribution is 2.22. The Kier molecular flexibility index (Phi) is 9.10. The second-order valence-electron chi connectivity index (χ2n) is 7.96. The first-order valence-corrected chi connectivity index (χ1v) is 12.5. The number of carboxylic acids is 1. The Balaban J connectivity index is 0.000000451. The number of halogens is 1. The van der Waals surface area contributed by atoms with E-state index in [1.165, 1.54) is 9.54 Å². The van der Waals surface area contributed by atoms with Crippen LogP contribution >= 0.6 is 11.6 Å². The summed E-state index contributed by atoms with van der Waals surface area (Å²) < 4.78 is 26.5. The fourth-order valence-electron chi connectivity index (χ4n) is 2.88. The van der Waals surface area contributed by atoms with Gasteiger partial charge in [-0.3, -0.25) is 4.79 Å². The van der Waals surface area contributed by atoms with Gasteiger partial charge in [-0.15, -0.1) is 0 Å². The van der Waals surface area contributed by atoms with Crippen LogP contribution in [0.15, 0.2) is 60.8 Å². The molecule has 3 rings (SSSR count). The number of carboxylic acid groups (broad SMARTS) is 1. The molecule has 1 heterocycles. The lowest BCUT2D eigenvalue weighted by Gasteiger charge is -2.06. The zero-order chi connectivity index (χ0) is 23.9. The average Bonchev–Trinajstić information content (AvgIpc) is 3.17. The largest absolute Gasteiger partial charge is 0.481 e. The molecule has 0 saturated carbocycles. The van der Waals surface area contributed by atoms with E-state index in [4.69, 9.17) is 16.7 Å². The molecule has 0 fully saturated rings. The van der Waals surface area contributed by atoms with Gasteiger partial charge in [-0.2, -0.15) is 0 Å². The molecule has 172 valence electrons. The smallest absolute Gasteiger partial charge is 0.306 e. The maximum atomic E-state index is 12.6. The Labute approximate surface area is 195 Å². The van der Waals surface area contributed by atoms with Crippen molar-refractivity contribution in [2.45, 2.75) is 40.0 Å². The minimum absolute atomic E-state index is 0.0641. The van der Waals surface area contributed by atoms with Crippen molar-refractivity contribution in [3.05, 3.63) is 77.0 Å². The Morgan fingerprint density at radius 3 is 2.28 bits per heavy atom. The van der Waals surface area contributed by atoms with E-state index in [2.05, 4.69) is 26.0 Å². The lowest BCUT2D eigenvalue weighted by molar-refractivity contribution is -0.141. The predicted molar refractivity (Wildman–Crippen MR) is 133 cm³/mol. The molecule has 2 aromatic carbocycles. The van der Waals surface area contributed by atoms with Crippen LogP contribution in [0.4, 0.5) is 0 Å². The van der Waals surface area contributed by atoms with E-state index in [1.54, 1.807) is 43.5 Å². The van der Waals surface area contributed by atoms with E-state index in [0.717, 1.165) is 17.4 Å². The standard InChI is InChI=1S/C20H20ClNO2S.C5H10O2/c1-15(2)17-7-5-16(6-8-17)4-3-13-25(23,24)22-12-11-18-14-19(21)9-10-20(18)22;1-3-4(2)5(6)7/h3-12,14-15H,13H2,1-2H3;4H,3H2,1-2H3,(H,6,7). The SMILES string of the molecule is CC(C)c1ccc(C=CCS(=O)(=O)n2ccc3cc(Cl)ccc32)cc1.CCC(C)C(=O)O. The van der Waals surface area contributed by atoms with Crippen molar-refractivity contribution in [1.82, 2.24) is 3.97 Å². The Morgan fingerprint density at radius 1 is 1.09 bits per heavy atom. The molecule has 3 aromatic rings. The molecule has 5 nitrogen and oxygen atoms in total. The molecule has 0 aliphatic carbocycles. The van der Waals surface area contributed by atoms with Crippen LogP contribution in [0.1, 0.15) is 51.2 Å². The number of aromatic nitrogens is 1. The van der Waals surface area contributed by atoms with Crippen LogP contribution in [0.5, 0.6) is 0 Å². The zero-order valence-corrected chi connectivity index (χ0v) is 20.4. The van der Waals surface area contributed by atoms with Crippen molar-refractivity contribution in [3.8, 4) is 0 Å². The molecular weight excluding hydrogens is 446 g/mol. The number of aliphatic carboxylic acids is 1. The van der Waals surface area contributed by atoms with Gasteiger partial charge in [-0.05, 0) is 47.7 Å². The minimum atomic E-state index is -3.46. The molecule has 0 bridgehead atoms. The highest BCUT2D eigenvalue weighted by molar-refractivity contribution is 7.90. The fraction of sp³-hybridized carbons (Fsp3) is 0.320. The molecule has 0 aliphatic rings. The van der Waals surface area contributed by atoms with Crippen LogP contribution in [0, 0.1) is 5.92 Å². The second-order valence-corrected chi connectivity index (χ2v) is 10.3. The van der Waals surface area contributed by atoms with E-state index < -0.39 is 16.0 Å². The van der Waals surface area contributed by atoms with Gasteiger partial charge in [0.2, 0.25) is 10.0 Å². The highest BCUT2D eigenvalue weighted by Gasteiger charge is 2.14. The summed E-state index contributed by atoms with van der Waals surface area (Å²) in [5, 5.41) is 9.58. The van der Waals surface area contributed by atoms with Gasteiger partial charge in [0.05, 0.1) is 17.2 Å². The van der Waals surface area contributed by atoms with E-state index in [1.807, 2.05) is 25.1 Å². The number of hydrogen-bond donors (Lipinski definition) is 1. The van der Waals surface area contributed by atoms with Crippen LogP contribution in [0.3, 0.4) is 0 Å². The molecule has 0 amide bonds. The maximum Gasteiger partial charge on any atom is 0.306 e. The Hall–Kier alpha value is -2.57. The normalized spacial score (nSPS) is 12.7. The Morgan fingerprint density at radius 2 is 1.75 bits per heavy atom. The molecular formula is C25H30ClNO4S. The topological polar surface area (TPSA) is 76.4 Å². The third-order valence-corrected chi connectivity index (χ3v) is 6.94. The third kappa shape index (κ3) is 6.97. The van der Waals surface area contributed by atoms with Gasteiger partial charge in [0.1, 0.15) is 0 Å². The van der Waals surface area contributed by atoms with Crippen molar-refractivity contribution < 1.29 is 18.3 Å². The molecule has 1 aromatic heterocycles. The lowest BCUT2D eigenvalue weighted by Crippen LogP contribution is -2.14. The highest BCUT2D eigenvalue weighted by atomic mass is 35.5. The number of carbonyl (C=O) groups is 1. The molecule has 1 atom stereocenters. The first-order valence-electron chi connectivity index (χ1n) is 10.5. The van der Waals surface area contributed by atoms with Gasteiger partial charge in [-0.25, -0.2) is 12.4 Å². The number of benzene rings is 2. The maximum absolute atomic E-state index is 12.6. The van der Waals surface area contributed by atoms with Crippen LogP contribution < -0.4 is 0 Å². The van der Waals surface area contributed by atoms with Crippen LogP contribution in [0.2, 0.25) is 5.02 Å². The molecule has 1 N–H and O–H groups in total. The summed E-state index contributed by atoms with van der Waals surface area (Å²) in [6, 6.07) is 15.1. The summed E-state index contributed by atoms with van der Waals surface area (Å²) in [4.78, 5) is 9.93. The summed E-state index contributed by atoms with van der Waals surface area (Å²) in [5.74, 6) is -0.470. The fourth-order valence-corrected chi connectivity index (χ4v) is 4.28. The van der Waals surface area contributed by atoms with Gasteiger partial charge in [0, 0.05) is 16.6 Å². The summed E-state index contributed by atoms with van der Waals surface area (Å²) in [5.41, 5.74) is 2.89. The first kappa shape index (κ1) is 25.7. The molecule has 0 saturated heterocycles. The first-order chi connectivity index (χ1) is 15.0. The van der Waals surface area contributed by atoms with Crippen LogP contribution in [-0.2, 0) is 14.8 Å². The van der Waals surface area contributed by atoms with E-state index in [9.17, 15) is 13.2 Å².